The summed E-state index contributed by atoms with van der Waals surface area (Å²) in [5.41, 5.74) is 2.12. The highest BCUT2D eigenvalue weighted by Gasteiger charge is 2.20. The molecule has 3 aromatic rings. The number of carbonyl (C=O) groups excluding carboxylic acids is 2. The summed E-state index contributed by atoms with van der Waals surface area (Å²) in [4.78, 5) is 24.8. The second-order valence-corrected chi connectivity index (χ2v) is 9.77. The van der Waals surface area contributed by atoms with Gasteiger partial charge in [-0.15, -0.1) is 0 Å². The summed E-state index contributed by atoms with van der Waals surface area (Å²) < 4.78 is 23.0. The fourth-order valence-electron chi connectivity index (χ4n) is 4.54. The van der Waals surface area contributed by atoms with E-state index >= 15 is 0 Å². The fourth-order valence-corrected chi connectivity index (χ4v) is 4.54. The van der Waals surface area contributed by atoms with Crippen LogP contribution in [0.4, 0.5) is 0 Å². The van der Waals surface area contributed by atoms with E-state index in [2.05, 4.69) is 13.8 Å². The zero-order valence-corrected chi connectivity index (χ0v) is 23.4. The number of ether oxygens (including phenoxy) is 4. The predicted octanol–water partition coefficient (Wildman–Crippen LogP) is 7.61. The molecule has 0 radical (unpaired) electrons. The van der Waals surface area contributed by atoms with Crippen molar-refractivity contribution in [2.75, 3.05) is 26.4 Å². The molecule has 0 saturated carbocycles. The van der Waals surface area contributed by atoms with E-state index in [0.29, 0.717) is 24.7 Å². The van der Waals surface area contributed by atoms with Gasteiger partial charge in [-0.2, -0.15) is 0 Å². The van der Waals surface area contributed by atoms with E-state index in [1.807, 2.05) is 50.2 Å². The van der Waals surface area contributed by atoms with Gasteiger partial charge in [-0.3, -0.25) is 0 Å². The van der Waals surface area contributed by atoms with Crippen molar-refractivity contribution in [3.05, 3.63) is 47.5 Å². The van der Waals surface area contributed by atoms with Gasteiger partial charge in [-0.1, -0.05) is 88.8 Å². The van der Waals surface area contributed by atoms with Gasteiger partial charge in [0, 0.05) is 21.5 Å². The maximum absolute atomic E-state index is 12.4. The second kappa shape index (κ2) is 15.2. The summed E-state index contributed by atoms with van der Waals surface area (Å²) in [6.45, 7) is 8.82. The van der Waals surface area contributed by atoms with E-state index in [0.717, 1.165) is 84.0 Å². The molecule has 0 aromatic heterocycles. The fraction of sp³-hybridized carbons (Fsp3) is 0.500. The smallest absolute Gasteiger partial charge is 0.344 e. The lowest BCUT2D eigenvalue weighted by Crippen LogP contribution is -2.17. The van der Waals surface area contributed by atoms with Crippen molar-refractivity contribution in [2.24, 2.45) is 0 Å². The summed E-state index contributed by atoms with van der Waals surface area (Å²) in [7, 11) is 0. The van der Waals surface area contributed by atoms with Crippen LogP contribution >= 0.6 is 0 Å². The third-order valence-electron chi connectivity index (χ3n) is 6.81. The number of fused-ring (bicyclic) bond motifs is 2. The minimum atomic E-state index is -0.385. The monoisotopic (exact) mass is 522 g/mol. The first-order chi connectivity index (χ1) is 18.5. The Balaban J connectivity index is 1.84. The zero-order chi connectivity index (χ0) is 27.3. The summed E-state index contributed by atoms with van der Waals surface area (Å²) >= 11 is 0. The standard InChI is InChI=1S/C32H42O6/c1-5-7-9-13-19-35-28(33)21-37-31-25-15-11-12-16-26(25)32(30-24(4)23(3)17-18-27(30)31)38-22-29(34)36-20-14-10-8-6-2/h11-12,15-18H,5-10,13-14,19-22H2,1-4H3. The number of benzene rings is 3. The van der Waals surface area contributed by atoms with Crippen LogP contribution in [0.5, 0.6) is 11.5 Å². The Bertz CT molecular complexity index is 1220. The van der Waals surface area contributed by atoms with Crippen LogP contribution in [0.15, 0.2) is 36.4 Å². The van der Waals surface area contributed by atoms with Gasteiger partial charge in [0.1, 0.15) is 11.5 Å². The Morgan fingerprint density at radius 2 is 1.16 bits per heavy atom. The SMILES string of the molecule is CCCCCCOC(=O)COc1c2ccccc2c(OCC(=O)OCCCCCC)c2c(C)c(C)ccc12. The summed E-state index contributed by atoms with van der Waals surface area (Å²) in [6.07, 6.45) is 8.35. The van der Waals surface area contributed by atoms with Crippen molar-refractivity contribution < 1.29 is 28.5 Å². The molecule has 0 fully saturated rings. The van der Waals surface area contributed by atoms with Crippen LogP contribution in [0, 0.1) is 13.8 Å². The summed E-state index contributed by atoms with van der Waals surface area (Å²) in [5.74, 6) is 0.452. The molecule has 0 aliphatic carbocycles. The summed E-state index contributed by atoms with van der Waals surface area (Å²) in [6, 6.07) is 11.7. The van der Waals surface area contributed by atoms with E-state index < -0.39 is 0 Å². The van der Waals surface area contributed by atoms with Gasteiger partial charge >= 0.3 is 11.9 Å². The molecule has 0 bridgehead atoms. The van der Waals surface area contributed by atoms with Gasteiger partial charge in [0.2, 0.25) is 0 Å². The van der Waals surface area contributed by atoms with Gasteiger partial charge in [-0.25, -0.2) is 9.59 Å². The summed E-state index contributed by atoms with van der Waals surface area (Å²) in [5, 5.41) is 3.31. The van der Waals surface area contributed by atoms with Crippen molar-refractivity contribution >= 4 is 33.5 Å². The second-order valence-electron chi connectivity index (χ2n) is 9.77. The van der Waals surface area contributed by atoms with Crippen molar-refractivity contribution in [3.8, 4) is 11.5 Å². The van der Waals surface area contributed by atoms with E-state index in [9.17, 15) is 9.59 Å². The lowest BCUT2D eigenvalue weighted by molar-refractivity contribution is -0.147. The highest BCUT2D eigenvalue weighted by atomic mass is 16.6. The van der Waals surface area contributed by atoms with Crippen LogP contribution in [0.1, 0.15) is 76.3 Å². The van der Waals surface area contributed by atoms with Crippen LogP contribution < -0.4 is 9.47 Å². The normalized spacial score (nSPS) is 11.1. The lowest BCUT2D eigenvalue weighted by atomic mass is 9.95. The number of rotatable bonds is 16. The number of unbranched alkanes of at least 4 members (excludes halogenated alkanes) is 6. The van der Waals surface area contributed by atoms with Crippen LogP contribution in [0.25, 0.3) is 21.5 Å². The zero-order valence-electron chi connectivity index (χ0n) is 23.4. The van der Waals surface area contributed by atoms with Crippen LogP contribution in [-0.4, -0.2) is 38.4 Å². The van der Waals surface area contributed by atoms with Gasteiger partial charge in [-0.05, 0) is 37.8 Å². The molecule has 0 heterocycles. The number of esters is 2. The molecule has 0 amide bonds. The first-order valence-electron chi connectivity index (χ1n) is 14.0. The van der Waals surface area contributed by atoms with Crippen LogP contribution in [0.3, 0.4) is 0 Å². The lowest BCUT2D eigenvalue weighted by Gasteiger charge is -2.19. The van der Waals surface area contributed by atoms with Gasteiger partial charge < -0.3 is 18.9 Å². The predicted molar refractivity (Wildman–Crippen MR) is 152 cm³/mol. The Morgan fingerprint density at radius 3 is 1.71 bits per heavy atom. The molecular weight excluding hydrogens is 480 g/mol. The first kappa shape index (κ1) is 29.3. The molecular formula is C32H42O6. The molecule has 6 nitrogen and oxygen atoms in total. The third-order valence-corrected chi connectivity index (χ3v) is 6.81. The maximum atomic E-state index is 12.4. The van der Waals surface area contributed by atoms with E-state index in [1.54, 1.807) is 0 Å². The largest absolute Gasteiger partial charge is 0.481 e. The molecule has 0 spiro atoms. The molecule has 6 heteroatoms. The quantitative estimate of drug-likeness (QED) is 0.109. The average molecular weight is 523 g/mol. The number of hydrogen-bond acceptors (Lipinski definition) is 6. The third kappa shape index (κ3) is 7.86. The minimum Gasteiger partial charge on any atom is -0.481 e. The Morgan fingerprint density at radius 1 is 0.632 bits per heavy atom. The number of aryl methyl sites for hydroxylation is 2. The van der Waals surface area contributed by atoms with Crippen molar-refractivity contribution in [1.29, 1.82) is 0 Å². The van der Waals surface area contributed by atoms with Crippen molar-refractivity contribution in [1.82, 2.24) is 0 Å². The maximum Gasteiger partial charge on any atom is 0.344 e. The molecule has 0 unspecified atom stereocenters. The molecule has 38 heavy (non-hydrogen) atoms. The van der Waals surface area contributed by atoms with Crippen LogP contribution in [0.2, 0.25) is 0 Å². The molecule has 0 aliphatic rings. The average Bonchev–Trinajstić information content (AvgIpc) is 2.92. The molecule has 0 aliphatic heterocycles. The van der Waals surface area contributed by atoms with Gasteiger partial charge in [0.25, 0.3) is 0 Å². The highest BCUT2D eigenvalue weighted by molar-refractivity contribution is 6.12. The Hall–Kier alpha value is -3.28. The number of hydrogen-bond donors (Lipinski definition) is 0. The van der Waals surface area contributed by atoms with E-state index in [-0.39, 0.29) is 25.2 Å². The Labute approximate surface area is 226 Å². The minimum absolute atomic E-state index is 0.176. The molecule has 0 N–H and O–H groups in total. The topological polar surface area (TPSA) is 71.1 Å². The number of carbonyl (C=O) groups is 2. The molecule has 206 valence electrons. The molecule has 0 atom stereocenters. The van der Waals surface area contributed by atoms with Crippen molar-refractivity contribution in [3.63, 3.8) is 0 Å². The van der Waals surface area contributed by atoms with Crippen LogP contribution in [-0.2, 0) is 19.1 Å². The van der Waals surface area contributed by atoms with Crippen molar-refractivity contribution in [2.45, 2.75) is 79.1 Å². The molecule has 0 saturated heterocycles. The van der Waals surface area contributed by atoms with Gasteiger partial charge in [0.15, 0.2) is 13.2 Å². The highest BCUT2D eigenvalue weighted by Crippen LogP contribution is 2.44. The van der Waals surface area contributed by atoms with E-state index in [4.69, 9.17) is 18.9 Å². The van der Waals surface area contributed by atoms with E-state index in [1.165, 1.54) is 0 Å². The molecule has 3 rings (SSSR count). The Kier molecular flexibility index (Phi) is 11.7. The van der Waals surface area contributed by atoms with Gasteiger partial charge in [0.05, 0.1) is 13.2 Å². The molecule has 3 aromatic carbocycles. The first-order valence-corrected chi connectivity index (χ1v) is 14.0.